The third kappa shape index (κ3) is 2.86. The summed E-state index contributed by atoms with van der Waals surface area (Å²) in [4.78, 5) is 12.5. The number of amides is 1. The Kier molecular flexibility index (Phi) is 4.15. The van der Waals surface area contributed by atoms with E-state index in [1.165, 1.54) is 0 Å². The smallest absolute Gasteiger partial charge is 0.245 e. The molecule has 0 atom stereocenters. The fraction of sp³-hybridized carbons (Fsp3) is 0.500. The van der Waals surface area contributed by atoms with Crippen LogP contribution in [0.15, 0.2) is 24.3 Å². The van der Waals surface area contributed by atoms with Gasteiger partial charge < -0.3 is 10.6 Å². The van der Waals surface area contributed by atoms with Crippen molar-refractivity contribution >= 4 is 21.4 Å². The Morgan fingerprint density at radius 1 is 1.20 bits per heavy atom. The number of sulfone groups is 1. The van der Waals surface area contributed by atoms with Gasteiger partial charge in [0.1, 0.15) is 0 Å². The van der Waals surface area contributed by atoms with Gasteiger partial charge in [0.15, 0.2) is 14.6 Å². The number of hydrogen-bond donors (Lipinski definition) is 2. The second kappa shape index (κ2) is 5.54. The highest BCUT2D eigenvalue weighted by atomic mass is 32.2. The summed E-state index contributed by atoms with van der Waals surface area (Å²) in [6.07, 6.45) is 1.76. The zero-order valence-corrected chi connectivity index (χ0v) is 12.6. The van der Waals surface area contributed by atoms with Crippen molar-refractivity contribution in [1.29, 1.82) is 0 Å². The summed E-state index contributed by atoms with van der Waals surface area (Å²) in [6, 6.07) is 7.32. The van der Waals surface area contributed by atoms with Gasteiger partial charge in [-0.25, -0.2) is 8.42 Å². The number of rotatable bonds is 3. The topological polar surface area (TPSA) is 75.3 Å². The highest BCUT2D eigenvalue weighted by Gasteiger charge is 2.48. The minimum absolute atomic E-state index is 0.309. The highest BCUT2D eigenvalue weighted by molar-refractivity contribution is 7.92. The van der Waals surface area contributed by atoms with Crippen LogP contribution < -0.4 is 10.6 Å². The molecule has 1 aliphatic heterocycles. The van der Waals surface area contributed by atoms with Crippen LogP contribution >= 0.6 is 0 Å². The van der Waals surface area contributed by atoms with E-state index in [1.54, 1.807) is 12.1 Å². The first-order valence-corrected chi connectivity index (χ1v) is 8.53. The van der Waals surface area contributed by atoms with Crippen molar-refractivity contribution in [3.8, 4) is 0 Å². The number of aryl methyl sites for hydroxylation is 1. The molecule has 2 N–H and O–H groups in total. The minimum atomic E-state index is -3.47. The quantitative estimate of drug-likeness (QED) is 0.876. The van der Waals surface area contributed by atoms with Crippen LogP contribution in [0.25, 0.3) is 0 Å². The number of nitrogens with one attached hydrogen (secondary N) is 2. The van der Waals surface area contributed by atoms with E-state index in [1.807, 2.05) is 19.1 Å². The zero-order valence-electron chi connectivity index (χ0n) is 11.8. The largest absolute Gasteiger partial charge is 0.325 e. The molecule has 20 heavy (non-hydrogen) atoms. The first-order chi connectivity index (χ1) is 9.35. The van der Waals surface area contributed by atoms with Gasteiger partial charge in [0.25, 0.3) is 0 Å². The summed E-state index contributed by atoms with van der Waals surface area (Å²) in [5.74, 6) is -0.426. The van der Waals surface area contributed by atoms with Gasteiger partial charge in [-0.15, -0.1) is 0 Å². The molecule has 1 saturated heterocycles. The summed E-state index contributed by atoms with van der Waals surface area (Å²) in [5.41, 5.74) is 1.71. The van der Waals surface area contributed by atoms with Crippen molar-refractivity contribution in [1.82, 2.24) is 5.32 Å². The van der Waals surface area contributed by atoms with E-state index in [0.717, 1.165) is 11.8 Å². The average molecular weight is 296 g/mol. The third-order valence-corrected chi connectivity index (χ3v) is 5.86. The zero-order chi connectivity index (χ0) is 14.8. The lowest BCUT2D eigenvalue weighted by molar-refractivity contribution is -0.119. The summed E-state index contributed by atoms with van der Waals surface area (Å²) in [7, 11) is -3.47. The standard InChI is InChI=1S/C14H20N2O3S/c1-11-3-5-12(6-4-11)16-13(17)14(20(2,18)19)7-9-15-10-8-14/h3-6,15H,7-10H2,1-2H3,(H,16,17). The number of piperidine rings is 1. The lowest BCUT2D eigenvalue weighted by Crippen LogP contribution is -2.55. The summed E-state index contributed by atoms with van der Waals surface area (Å²) < 4.78 is 22.9. The van der Waals surface area contributed by atoms with Gasteiger partial charge in [0, 0.05) is 11.9 Å². The van der Waals surface area contributed by atoms with Crippen molar-refractivity contribution < 1.29 is 13.2 Å². The van der Waals surface area contributed by atoms with E-state index in [2.05, 4.69) is 10.6 Å². The SMILES string of the molecule is Cc1ccc(NC(=O)C2(S(C)(=O)=O)CCNCC2)cc1. The molecule has 1 amide bonds. The van der Waals surface area contributed by atoms with Gasteiger partial charge in [-0.05, 0) is 45.0 Å². The van der Waals surface area contributed by atoms with E-state index in [-0.39, 0.29) is 0 Å². The Balaban J connectivity index is 2.26. The fourth-order valence-electron chi connectivity index (χ4n) is 2.48. The number of carbonyl (C=O) groups is 1. The maximum atomic E-state index is 12.5. The maximum Gasteiger partial charge on any atom is 0.245 e. The van der Waals surface area contributed by atoms with E-state index < -0.39 is 20.5 Å². The van der Waals surface area contributed by atoms with E-state index >= 15 is 0 Å². The minimum Gasteiger partial charge on any atom is -0.325 e. The lowest BCUT2D eigenvalue weighted by Gasteiger charge is -2.34. The van der Waals surface area contributed by atoms with Gasteiger partial charge in [-0.1, -0.05) is 17.7 Å². The Morgan fingerprint density at radius 3 is 2.25 bits per heavy atom. The van der Waals surface area contributed by atoms with Crippen LogP contribution in [0.4, 0.5) is 5.69 Å². The van der Waals surface area contributed by atoms with Gasteiger partial charge in [-0.2, -0.15) is 0 Å². The highest BCUT2D eigenvalue weighted by Crippen LogP contribution is 2.29. The van der Waals surface area contributed by atoms with Crippen LogP contribution in [-0.2, 0) is 14.6 Å². The van der Waals surface area contributed by atoms with Gasteiger partial charge in [0.2, 0.25) is 5.91 Å². The molecule has 0 saturated carbocycles. The third-order valence-electron chi connectivity index (χ3n) is 3.84. The van der Waals surface area contributed by atoms with E-state index in [0.29, 0.717) is 31.6 Å². The lowest BCUT2D eigenvalue weighted by atomic mass is 9.95. The molecule has 0 spiro atoms. The van der Waals surface area contributed by atoms with Crippen molar-refractivity contribution in [3.05, 3.63) is 29.8 Å². The molecular formula is C14H20N2O3S. The van der Waals surface area contributed by atoms with Crippen molar-refractivity contribution in [2.24, 2.45) is 0 Å². The fourth-order valence-corrected chi connectivity index (χ4v) is 3.81. The first-order valence-electron chi connectivity index (χ1n) is 6.64. The van der Waals surface area contributed by atoms with Gasteiger partial charge >= 0.3 is 0 Å². The molecular weight excluding hydrogens is 276 g/mol. The van der Waals surface area contributed by atoms with Crippen LogP contribution in [0.1, 0.15) is 18.4 Å². The molecule has 0 aliphatic carbocycles. The Morgan fingerprint density at radius 2 is 1.75 bits per heavy atom. The average Bonchev–Trinajstić information content (AvgIpc) is 2.41. The van der Waals surface area contributed by atoms with Gasteiger partial charge in [0.05, 0.1) is 0 Å². The summed E-state index contributed by atoms with van der Waals surface area (Å²) in [5, 5.41) is 5.83. The molecule has 0 aromatic heterocycles. The van der Waals surface area contributed by atoms with Crippen molar-refractivity contribution in [2.45, 2.75) is 24.5 Å². The molecule has 1 aromatic carbocycles. The number of carbonyl (C=O) groups excluding carboxylic acids is 1. The molecule has 5 nitrogen and oxygen atoms in total. The molecule has 0 unspecified atom stereocenters. The number of anilines is 1. The Bertz CT molecular complexity index is 587. The van der Waals surface area contributed by atoms with Crippen LogP contribution in [-0.4, -0.2) is 38.4 Å². The second-order valence-electron chi connectivity index (χ2n) is 5.34. The summed E-state index contributed by atoms with van der Waals surface area (Å²) in [6.45, 7) is 3.03. The molecule has 2 rings (SSSR count). The monoisotopic (exact) mass is 296 g/mol. The Labute approximate surface area is 119 Å². The molecule has 1 heterocycles. The maximum absolute atomic E-state index is 12.5. The molecule has 0 bridgehead atoms. The van der Waals surface area contributed by atoms with E-state index in [9.17, 15) is 13.2 Å². The predicted octanol–water partition coefficient (Wildman–Crippen LogP) is 1.10. The first kappa shape index (κ1) is 15.0. The van der Waals surface area contributed by atoms with Crippen LogP contribution in [0, 0.1) is 6.92 Å². The molecule has 1 aromatic rings. The predicted molar refractivity (Wildman–Crippen MR) is 79.5 cm³/mol. The molecule has 110 valence electrons. The molecule has 6 heteroatoms. The normalized spacial score (nSPS) is 18.5. The molecule has 1 fully saturated rings. The van der Waals surface area contributed by atoms with Crippen LogP contribution in [0.5, 0.6) is 0 Å². The molecule has 0 radical (unpaired) electrons. The molecule has 1 aliphatic rings. The van der Waals surface area contributed by atoms with Crippen molar-refractivity contribution in [3.63, 3.8) is 0 Å². The Hall–Kier alpha value is -1.40. The van der Waals surface area contributed by atoms with Gasteiger partial charge in [-0.3, -0.25) is 4.79 Å². The van der Waals surface area contributed by atoms with E-state index in [4.69, 9.17) is 0 Å². The number of hydrogen-bond acceptors (Lipinski definition) is 4. The van der Waals surface area contributed by atoms with Crippen molar-refractivity contribution in [2.75, 3.05) is 24.7 Å². The van der Waals surface area contributed by atoms with Crippen LogP contribution in [0.3, 0.4) is 0 Å². The second-order valence-corrected chi connectivity index (χ2v) is 7.66. The van der Waals surface area contributed by atoms with Crippen LogP contribution in [0.2, 0.25) is 0 Å². The number of benzene rings is 1. The summed E-state index contributed by atoms with van der Waals surface area (Å²) >= 11 is 0.